The summed E-state index contributed by atoms with van der Waals surface area (Å²) in [5, 5.41) is 0.571. The summed E-state index contributed by atoms with van der Waals surface area (Å²) in [7, 11) is -2.18. The van der Waals surface area contributed by atoms with Gasteiger partial charge >= 0.3 is 0 Å². The third kappa shape index (κ3) is 4.98. The second-order valence-electron chi connectivity index (χ2n) is 7.90. The Morgan fingerprint density at radius 1 is 1.12 bits per heavy atom. The van der Waals surface area contributed by atoms with Crippen LogP contribution >= 0.6 is 0 Å². The van der Waals surface area contributed by atoms with Crippen molar-refractivity contribution in [1.82, 2.24) is 9.97 Å². The Morgan fingerprint density at radius 2 is 1.85 bits per heavy atom. The Labute approximate surface area is 190 Å². The first kappa shape index (κ1) is 23.1. The van der Waals surface area contributed by atoms with Crippen LogP contribution in [0.3, 0.4) is 0 Å². The summed E-state index contributed by atoms with van der Waals surface area (Å²) >= 11 is 0. The largest absolute Gasteiger partial charge is 0.480 e. The maximum absolute atomic E-state index is 14.5. The number of sulfonamides is 1. The van der Waals surface area contributed by atoms with Gasteiger partial charge in [0.1, 0.15) is 5.69 Å². The highest BCUT2D eigenvalue weighted by atomic mass is 32.2. The van der Waals surface area contributed by atoms with Gasteiger partial charge in [0, 0.05) is 43.4 Å². The van der Waals surface area contributed by atoms with Crippen molar-refractivity contribution in [3.8, 4) is 17.0 Å². The quantitative estimate of drug-likeness (QED) is 0.578. The molecule has 1 fully saturated rings. The van der Waals surface area contributed by atoms with Crippen molar-refractivity contribution >= 4 is 32.3 Å². The Bertz CT molecular complexity index is 1290. The SMILES string of the molecule is COc1ncc(-c2ccc3ncc(C(C)(F)F)c(N4CCOCC4)c3c2)cc1NS(C)(=O)=O. The normalized spacial score (nSPS) is 15.0. The van der Waals surface area contributed by atoms with Gasteiger partial charge in [-0.1, -0.05) is 6.07 Å². The van der Waals surface area contributed by atoms with E-state index in [2.05, 4.69) is 14.7 Å². The van der Waals surface area contributed by atoms with Gasteiger partial charge < -0.3 is 14.4 Å². The smallest absolute Gasteiger partial charge is 0.274 e. The van der Waals surface area contributed by atoms with Crippen molar-refractivity contribution in [2.45, 2.75) is 12.8 Å². The lowest BCUT2D eigenvalue weighted by atomic mass is 9.99. The Morgan fingerprint density at radius 3 is 2.48 bits per heavy atom. The molecule has 0 aliphatic carbocycles. The van der Waals surface area contributed by atoms with E-state index in [0.29, 0.717) is 54.0 Å². The highest BCUT2D eigenvalue weighted by molar-refractivity contribution is 7.92. The van der Waals surface area contributed by atoms with Crippen molar-refractivity contribution in [2.75, 3.05) is 49.3 Å². The standard InChI is InChI=1S/C22H24F2N4O4S/c1-22(23,24)17-13-25-18-5-4-14(10-16(18)20(17)28-6-8-32-9-7-28)15-11-19(27-33(3,29)30)21(31-2)26-12-15/h4-5,10-13,27H,6-9H2,1-3H3. The predicted molar refractivity (Wildman–Crippen MR) is 123 cm³/mol. The summed E-state index contributed by atoms with van der Waals surface area (Å²) in [5.41, 5.74) is 2.28. The molecule has 11 heteroatoms. The van der Waals surface area contributed by atoms with Gasteiger partial charge in [-0.3, -0.25) is 9.71 Å². The zero-order valence-electron chi connectivity index (χ0n) is 18.4. The van der Waals surface area contributed by atoms with Gasteiger partial charge in [-0.25, -0.2) is 22.2 Å². The summed E-state index contributed by atoms with van der Waals surface area (Å²) in [6.45, 7) is 2.72. The van der Waals surface area contributed by atoms with E-state index in [1.807, 2.05) is 4.90 Å². The zero-order chi connectivity index (χ0) is 23.8. The van der Waals surface area contributed by atoms with E-state index in [1.54, 1.807) is 24.3 Å². The number of aromatic nitrogens is 2. The first-order chi connectivity index (χ1) is 15.6. The minimum Gasteiger partial charge on any atom is -0.480 e. The van der Waals surface area contributed by atoms with Crippen molar-refractivity contribution in [3.05, 3.63) is 42.2 Å². The number of hydrogen-bond acceptors (Lipinski definition) is 7. The van der Waals surface area contributed by atoms with Gasteiger partial charge in [0.15, 0.2) is 0 Å². The molecule has 8 nitrogen and oxygen atoms in total. The minimum absolute atomic E-state index is 0.119. The van der Waals surface area contributed by atoms with Crippen molar-refractivity contribution < 1.29 is 26.7 Å². The number of methoxy groups -OCH3 is 1. The molecule has 0 atom stereocenters. The summed E-state index contributed by atoms with van der Waals surface area (Å²) in [5.74, 6) is -2.97. The molecule has 0 saturated carbocycles. The van der Waals surface area contributed by atoms with Crippen LogP contribution in [-0.4, -0.2) is 58.1 Å². The average molecular weight is 479 g/mol. The molecule has 3 heterocycles. The Balaban J connectivity index is 1.89. The molecule has 176 valence electrons. The van der Waals surface area contributed by atoms with Crippen LogP contribution < -0.4 is 14.4 Å². The number of morpholine rings is 1. The lowest BCUT2D eigenvalue weighted by Gasteiger charge is -2.32. The monoisotopic (exact) mass is 478 g/mol. The molecule has 2 aromatic heterocycles. The number of rotatable bonds is 6. The molecule has 0 spiro atoms. The maximum atomic E-state index is 14.5. The van der Waals surface area contributed by atoms with Gasteiger partial charge in [-0.05, 0) is 23.8 Å². The number of ether oxygens (including phenoxy) is 2. The molecular weight excluding hydrogens is 454 g/mol. The first-order valence-electron chi connectivity index (χ1n) is 10.2. The molecule has 0 radical (unpaired) electrons. The number of pyridine rings is 2. The number of halogens is 2. The fourth-order valence-electron chi connectivity index (χ4n) is 3.85. The van der Waals surface area contributed by atoms with E-state index in [4.69, 9.17) is 9.47 Å². The topological polar surface area (TPSA) is 93.7 Å². The lowest BCUT2D eigenvalue weighted by molar-refractivity contribution is 0.0174. The molecule has 0 unspecified atom stereocenters. The molecule has 0 bridgehead atoms. The molecular formula is C22H24F2N4O4S. The number of hydrogen-bond donors (Lipinski definition) is 1. The number of fused-ring (bicyclic) bond motifs is 1. The predicted octanol–water partition coefficient (Wildman–Crippen LogP) is 3.63. The van der Waals surface area contributed by atoms with E-state index >= 15 is 0 Å². The van der Waals surface area contributed by atoms with Crippen LogP contribution in [0.15, 0.2) is 36.7 Å². The van der Waals surface area contributed by atoms with E-state index in [-0.39, 0.29) is 17.1 Å². The molecule has 4 rings (SSSR count). The number of nitrogens with zero attached hydrogens (tertiary/aromatic N) is 3. The number of anilines is 2. The average Bonchev–Trinajstić information content (AvgIpc) is 2.76. The second-order valence-corrected chi connectivity index (χ2v) is 9.64. The number of alkyl halides is 2. The molecule has 1 aliphatic heterocycles. The Kier molecular flexibility index (Phi) is 6.10. The molecule has 1 aromatic carbocycles. The van der Waals surface area contributed by atoms with Crippen LogP contribution in [0.2, 0.25) is 0 Å². The van der Waals surface area contributed by atoms with E-state index in [1.165, 1.54) is 19.5 Å². The first-order valence-corrected chi connectivity index (χ1v) is 12.1. The van der Waals surface area contributed by atoms with Crippen LogP contribution in [0.1, 0.15) is 12.5 Å². The van der Waals surface area contributed by atoms with Crippen LogP contribution in [-0.2, 0) is 20.7 Å². The highest BCUT2D eigenvalue weighted by Crippen LogP contribution is 2.41. The van der Waals surface area contributed by atoms with Gasteiger partial charge in [-0.2, -0.15) is 0 Å². The van der Waals surface area contributed by atoms with Crippen molar-refractivity contribution in [1.29, 1.82) is 0 Å². The molecule has 1 N–H and O–H groups in total. The van der Waals surface area contributed by atoms with Gasteiger partial charge in [-0.15, -0.1) is 0 Å². The fraction of sp³-hybridized carbons (Fsp3) is 0.364. The third-order valence-electron chi connectivity index (χ3n) is 5.31. The lowest BCUT2D eigenvalue weighted by Crippen LogP contribution is -2.37. The van der Waals surface area contributed by atoms with Crippen LogP contribution in [0.5, 0.6) is 5.88 Å². The molecule has 0 amide bonds. The van der Waals surface area contributed by atoms with Crippen molar-refractivity contribution in [2.24, 2.45) is 0 Å². The molecule has 1 saturated heterocycles. The van der Waals surface area contributed by atoms with Crippen molar-refractivity contribution in [3.63, 3.8) is 0 Å². The zero-order valence-corrected chi connectivity index (χ0v) is 19.2. The molecule has 33 heavy (non-hydrogen) atoms. The molecule has 1 aliphatic rings. The maximum Gasteiger partial charge on any atom is 0.274 e. The van der Waals surface area contributed by atoms with Crippen LogP contribution in [0, 0.1) is 0 Å². The summed E-state index contributed by atoms with van der Waals surface area (Å²) < 4.78 is 65.5. The Hall–Kier alpha value is -3.05. The van der Waals surface area contributed by atoms with Gasteiger partial charge in [0.05, 0.1) is 43.3 Å². The number of benzene rings is 1. The van der Waals surface area contributed by atoms with Crippen LogP contribution in [0.25, 0.3) is 22.0 Å². The van der Waals surface area contributed by atoms with Gasteiger partial charge in [0.2, 0.25) is 15.9 Å². The highest BCUT2D eigenvalue weighted by Gasteiger charge is 2.32. The van der Waals surface area contributed by atoms with E-state index < -0.39 is 15.9 Å². The van der Waals surface area contributed by atoms with E-state index in [9.17, 15) is 17.2 Å². The minimum atomic E-state index is -3.57. The van der Waals surface area contributed by atoms with Gasteiger partial charge in [0.25, 0.3) is 5.92 Å². The number of nitrogens with one attached hydrogen (secondary N) is 1. The fourth-order valence-corrected chi connectivity index (χ4v) is 4.40. The summed E-state index contributed by atoms with van der Waals surface area (Å²) in [6, 6.07) is 6.90. The summed E-state index contributed by atoms with van der Waals surface area (Å²) in [4.78, 5) is 10.4. The molecule has 3 aromatic rings. The van der Waals surface area contributed by atoms with Crippen LogP contribution in [0.4, 0.5) is 20.2 Å². The summed E-state index contributed by atoms with van der Waals surface area (Å²) in [6.07, 6.45) is 3.80. The second kappa shape index (κ2) is 8.71. The third-order valence-corrected chi connectivity index (χ3v) is 5.90. The van der Waals surface area contributed by atoms with E-state index in [0.717, 1.165) is 13.2 Å².